The van der Waals surface area contributed by atoms with Gasteiger partial charge in [-0.15, -0.1) is 0 Å². The lowest BCUT2D eigenvalue weighted by Gasteiger charge is -2.25. The SMILES string of the molecule is CS(=O)(=O)N1CC2(CCN(Cc3cccnc3)C2)c2ncccc21. The highest BCUT2D eigenvalue weighted by Crippen LogP contribution is 2.46. The summed E-state index contributed by atoms with van der Waals surface area (Å²) in [4.78, 5) is 11.1. The first-order valence-electron chi connectivity index (χ1n) is 8.02. The van der Waals surface area contributed by atoms with Gasteiger partial charge in [0.15, 0.2) is 0 Å². The molecule has 7 heteroatoms. The number of likely N-dealkylation sites (tertiary alicyclic amines) is 1. The van der Waals surface area contributed by atoms with Gasteiger partial charge in [-0.05, 0) is 36.7 Å². The van der Waals surface area contributed by atoms with Gasteiger partial charge >= 0.3 is 0 Å². The van der Waals surface area contributed by atoms with Crippen LogP contribution in [0.4, 0.5) is 5.69 Å². The second kappa shape index (κ2) is 5.53. The van der Waals surface area contributed by atoms with E-state index in [9.17, 15) is 8.42 Å². The van der Waals surface area contributed by atoms with E-state index in [0.717, 1.165) is 37.4 Å². The van der Waals surface area contributed by atoms with Crippen molar-refractivity contribution in [3.05, 3.63) is 54.1 Å². The second-order valence-corrected chi connectivity index (χ2v) is 8.65. The molecule has 24 heavy (non-hydrogen) atoms. The zero-order valence-corrected chi connectivity index (χ0v) is 14.4. The number of sulfonamides is 1. The van der Waals surface area contributed by atoms with Crippen LogP contribution in [0, 0.1) is 0 Å². The Balaban J connectivity index is 1.63. The van der Waals surface area contributed by atoms with Crippen molar-refractivity contribution in [2.75, 3.05) is 30.2 Å². The van der Waals surface area contributed by atoms with Gasteiger partial charge in [-0.3, -0.25) is 19.2 Å². The van der Waals surface area contributed by atoms with Gasteiger partial charge in [-0.25, -0.2) is 8.42 Å². The Hall–Kier alpha value is -1.99. The molecular formula is C17H20N4O2S. The van der Waals surface area contributed by atoms with Gasteiger partial charge in [0.25, 0.3) is 0 Å². The van der Waals surface area contributed by atoms with E-state index in [2.05, 4.69) is 20.9 Å². The fourth-order valence-corrected chi connectivity index (χ4v) is 4.89. The van der Waals surface area contributed by atoms with Crippen LogP contribution in [0.5, 0.6) is 0 Å². The maximum absolute atomic E-state index is 12.2. The van der Waals surface area contributed by atoms with Crippen LogP contribution in [0.15, 0.2) is 42.9 Å². The summed E-state index contributed by atoms with van der Waals surface area (Å²) in [7, 11) is -3.29. The molecule has 4 rings (SSSR count). The molecule has 6 nitrogen and oxygen atoms in total. The zero-order chi connectivity index (χ0) is 16.8. The molecule has 1 saturated heterocycles. The van der Waals surface area contributed by atoms with E-state index >= 15 is 0 Å². The summed E-state index contributed by atoms with van der Waals surface area (Å²) in [6, 6.07) is 7.68. The number of hydrogen-bond donors (Lipinski definition) is 0. The Morgan fingerprint density at radius 2 is 2.04 bits per heavy atom. The first kappa shape index (κ1) is 15.5. The van der Waals surface area contributed by atoms with E-state index in [4.69, 9.17) is 0 Å². The second-order valence-electron chi connectivity index (χ2n) is 6.74. The summed E-state index contributed by atoms with van der Waals surface area (Å²) in [6.07, 6.45) is 7.61. The number of nitrogens with zero attached hydrogens (tertiary/aromatic N) is 4. The number of pyridine rings is 2. The predicted molar refractivity (Wildman–Crippen MR) is 92.2 cm³/mol. The Labute approximate surface area is 142 Å². The Morgan fingerprint density at radius 1 is 1.21 bits per heavy atom. The van der Waals surface area contributed by atoms with Crippen molar-refractivity contribution in [1.29, 1.82) is 0 Å². The van der Waals surface area contributed by atoms with Crippen molar-refractivity contribution in [2.24, 2.45) is 0 Å². The molecule has 0 amide bonds. The standard InChI is InChI=1S/C17H20N4O2S/c1-24(22,23)21-13-17(16-15(21)5-3-8-19-16)6-9-20(12-17)11-14-4-2-7-18-10-14/h2-5,7-8,10H,6,9,11-13H2,1H3. The van der Waals surface area contributed by atoms with Crippen LogP contribution in [0.25, 0.3) is 0 Å². The molecule has 126 valence electrons. The smallest absolute Gasteiger partial charge is 0.232 e. The molecule has 4 heterocycles. The van der Waals surface area contributed by atoms with Crippen LogP contribution in [0.2, 0.25) is 0 Å². The minimum atomic E-state index is -3.29. The Bertz CT molecular complexity index is 856. The van der Waals surface area contributed by atoms with Crippen LogP contribution in [-0.4, -0.2) is 49.2 Å². The molecular weight excluding hydrogens is 324 g/mol. The third kappa shape index (κ3) is 2.57. The van der Waals surface area contributed by atoms with Gasteiger partial charge in [0, 0.05) is 43.6 Å². The summed E-state index contributed by atoms with van der Waals surface area (Å²) < 4.78 is 25.9. The van der Waals surface area contributed by atoms with Gasteiger partial charge in [0.2, 0.25) is 10.0 Å². The van der Waals surface area contributed by atoms with Gasteiger partial charge in [0.1, 0.15) is 0 Å². The third-order valence-corrected chi connectivity index (χ3v) is 6.09. The first-order valence-corrected chi connectivity index (χ1v) is 9.87. The molecule has 0 N–H and O–H groups in total. The lowest BCUT2D eigenvalue weighted by atomic mass is 9.85. The Morgan fingerprint density at radius 3 is 2.79 bits per heavy atom. The first-order chi connectivity index (χ1) is 11.5. The van der Waals surface area contributed by atoms with Gasteiger partial charge in [0.05, 0.1) is 17.6 Å². The molecule has 1 spiro atoms. The molecule has 2 aliphatic rings. The van der Waals surface area contributed by atoms with Crippen molar-refractivity contribution in [3.8, 4) is 0 Å². The van der Waals surface area contributed by atoms with Crippen molar-refractivity contribution in [1.82, 2.24) is 14.9 Å². The van der Waals surface area contributed by atoms with E-state index in [1.807, 2.05) is 18.3 Å². The number of fused-ring (bicyclic) bond motifs is 2. The number of anilines is 1. The van der Waals surface area contributed by atoms with Gasteiger partial charge in [-0.2, -0.15) is 0 Å². The van der Waals surface area contributed by atoms with E-state index in [0.29, 0.717) is 6.54 Å². The van der Waals surface area contributed by atoms with E-state index in [1.54, 1.807) is 18.5 Å². The topological polar surface area (TPSA) is 66.4 Å². The fourth-order valence-electron chi connectivity index (χ4n) is 3.90. The largest absolute Gasteiger partial charge is 0.298 e. The highest BCUT2D eigenvalue weighted by Gasteiger charge is 2.50. The average Bonchev–Trinajstić information content (AvgIpc) is 3.11. The highest BCUT2D eigenvalue weighted by atomic mass is 32.2. The summed E-state index contributed by atoms with van der Waals surface area (Å²) in [5.74, 6) is 0. The molecule has 0 bridgehead atoms. The molecule has 1 unspecified atom stereocenters. The molecule has 2 aromatic heterocycles. The van der Waals surface area contributed by atoms with Crippen LogP contribution in [-0.2, 0) is 22.0 Å². The van der Waals surface area contributed by atoms with Crippen LogP contribution < -0.4 is 4.31 Å². The quantitative estimate of drug-likeness (QED) is 0.842. The van der Waals surface area contributed by atoms with E-state index < -0.39 is 10.0 Å². The summed E-state index contributed by atoms with van der Waals surface area (Å²) in [6.45, 7) is 3.07. The molecule has 2 aromatic rings. The lowest BCUT2D eigenvalue weighted by molar-refractivity contribution is 0.306. The maximum atomic E-state index is 12.2. The fraction of sp³-hybridized carbons (Fsp3) is 0.412. The van der Waals surface area contributed by atoms with Crippen molar-refractivity contribution in [2.45, 2.75) is 18.4 Å². The minimum absolute atomic E-state index is 0.206. The summed E-state index contributed by atoms with van der Waals surface area (Å²) >= 11 is 0. The number of aromatic nitrogens is 2. The molecule has 1 fully saturated rings. The van der Waals surface area contributed by atoms with Crippen molar-refractivity contribution < 1.29 is 8.42 Å². The van der Waals surface area contributed by atoms with E-state index in [1.165, 1.54) is 16.1 Å². The van der Waals surface area contributed by atoms with Crippen molar-refractivity contribution in [3.63, 3.8) is 0 Å². The average molecular weight is 344 g/mol. The molecule has 2 aliphatic heterocycles. The normalized spacial score (nSPS) is 23.8. The summed E-state index contributed by atoms with van der Waals surface area (Å²) in [5, 5.41) is 0. The monoisotopic (exact) mass is 344 g/mol. The van der Waals surface area contributed by atoms with Gasteiger partial charge in [-0.1, -0.05) is 6.07 Å². The highest BCUT2D eigenvalue weighted by molar-refractivity contribution is 7.92. The molecule has 0 aliphatic carbocycles. The lowest BCUT2D eigenvalue weighted by Crippen LogP contribution is -2.38. The number of rotatable bonds is 3. The van der Waals surface area contributed by atoms with Crippen LogP contribution in [0.3, 0.4) is 0 Å². The maximum Gasteiger partial charge on any atom is 0.232 e. The Kier molecular flexibility index (Phi) is 3.58. The van der Waals surface area contributed by atoms with Crippen LogP contribution in [0.1, 0.15) is 17.7 Å². The zero-order valence-electron chi connectivity index (χ0n) is 13.6. The van der Waals surface area contributed by atoms with Crippen molar-refractivity contribution >= 4 is 15.7 Å². The van der Waals surface area contributed by atoms with Crippen LogP contribution >= 0.6 is 0 Å². The number of hydrogen-bond acceptors (Lipinski definition) is 5. The summed E-state index contributed by atoms with van der Waals surface area (Å²) in [5.41, 5.74) is 2.63. The molecule has 0 saturated carbocycles. The minimum Gasteiger partial charge on any atom is -0.298 e. The molecule has 0 aromatic carbocycles. The van der Waals surface area contributed by atoms with E-state index in [-0.39, 0.29) is 5.41 Å². The predicted octanol–water partition coefficient (Wildman–Crippen LogP) is 1.40. The van der Waals surface area contributed by atoms with Gasteiger partial charge < -0.3 is 0 Å². The third-order valence-electron chi connectivity index (χ3n) is 4.97. The molecule has 0 radical (unpaired) electrons. The molecule has 1 atom stereocenters.